The molecule has 0 fully saturated rings. The number of rotatable bonds is 3. The first-order valence-corrected chi connectivity index (χ1v) is 6.91. The molecule has 0 aliphatic carbocycles. The average molecular weight is 305 g/mol. The third-order valence-corrected chi connectivity index (χ3v) is 3.53. The lowest BCUT2D eigenvalue weighted by Gasteiger charge is -2.04. The van der Waals surface area contributed by atoms with Crippen LogP contribution >= 0.6 is 0 Å². The van der Waals surface area contributed by atoms with Crippen molar-refractivity contribution in [2.45, 2.75) is 0 Å². The van der Waals surface area contributed by atoms with E-state index in [1.54, 1.807) is 17.1 Å². The molecule has 0 aliphatic rings. The summed E-state index contributed by atoms with van der Waals surface area (Å²) in [6, 6.07) is 12.9. The summed E-state index contributed by atoms with van der Waals surface area (Å²) in [5.41, 5.74) is 3.99. The zero-order valence-corrected chi connectivity index (χ0v) is 11.8. The molecule has 0 amide bonds. The Hall–Kier alpha value is -3.48. The molecule has 0 bridgehead atoms. The summed E-state index contributed by atoms with van der Waals surface area (Å²) in [7, 11) is 0. The van der Waals surface area contributed by atoms with E-state index in [4.69, 9.17) is 5.11 Å². The van der Waals surface area contributed by atoms with Crippen molar-refractivity contribution in [1.29, 1.82) is 0 Å². The second kappa shape index (κ2) is 5.06. The highest BCUT2D eigenvalue weighted by Gasteiger charge is 2.10. The highest BCUT2D eigenvalue weighted by Crippen LogP contribution is 2.23. The molecule has 0 unspecified atom stereocenters. The van der Waals surface area contributed by atoms with Gasteiger partial charge in [0.05, 0.1) is 34.8 Å². The number of H-pyrrole nitrogens is 1. The van der Waals surface area contributed by atoms with E-state index >= 15 is 0 Å². The minimum atomic E-state index is -1.00. The Labute approximate surface area is 130 Å². The van der Waals surface area contributed by atoms with E-state index in [0.29, 0.717) is 11.0 Å². The molecule has 7 heteroatoms. The lowest BCUT2D eigenvalue weighted by molar-refractivity contribution is 0.0691. The molecule has 0 spiro atoms. The third kappa shape index (κ3) is 2.34. The fourth-order valence-corrected chi connectivity index (χ4v) is 2.44. The van der Waals surface area contributed by atoms with Gasteiger partial charge in [0.1, 0.15) is 5.69 Å². The summed E-state index contributed by atoms with van der Waals surface area (Å²) in [5, 5.41) is 16.8. The van der Waals surface area contributed by atoms with Crippen molar-refractivity contribution in [3.05, 3.63) is 60.6 Å². The molecule has 7 nitrogen and oxygen atoms in total. The van der Waals surface area contributed by atoms with Crippen molar-refractivity contribution in [2.75, 3.05) is 0 Å². The standard InChI is InChI=1S/C16H11N5O2/c22-16(23)15-9-14-13(19-15)5-4-12(18-14)10-2-1-3-11(8-10)21-7-6-17-20-21/h1-9,19H,(H,22,23). The molecule has 112 valence electrons. The van der Waals surface area contributed by atoms with Crippen LogP contribution in [0.1, 0.15) is 10.5 Å². The number of pyridine rings is 1. The number of hydrogen-bond donors (Lipinski definition) is 2. The van der Waals surface area contributed by atoms with Crippen LogP contribution in [0.2, 0.25) is 0 Å². The minimum Gasteiger partial charge on any atom is -0.477 e. The number of fused-ring (bicyclic) bond motifs is 1. The van der Waals surface area contributed by atoms with Gasteiger partial charge in [-0.3, -0.25) is 0 Å². The van der Waals surface area contributed by atoms with Crippen molar-refractivity contribution >= 4 is 17.0 Å². The van der Waals surface area contributed by atoms with E-state index in [2.05, 4.69) is 20.3 Å². The molecule has 0 aliphatic heterocycles. The first-order valence-electron chi connectivity index (χ1n) is 6.91. The van der Waals surface area contributed by atoms with Crippen LogP contribution in [0.5, 0.6) is 0 Å². The van der Waals surface area contributed by atoms with Gasteiger partial charge in [-0.1, -0.05) is 17.3 Å². The van der Waals surface area contributed by atoms with Crippen LogP contribution in [0.15, 0.2) is 54.9 Å². The van der Waals surface area contributed by atoms with Gasteiger partial charge < -0.3 is 10.1 Å². The molecule has 0 radical (unpaired) electrons. The number of aromatic amines is 1. The number of aromatic nitrogens is 5. The number of benzene rings is 1. The topological polar surface area (TPSA) is 96.7 Å². The number of carboxylic acid groups (broad SMARTS) is 1. The number of nitrogens with zero attached hydrogens (tertiary/aromatic N) is 4. The van der Waals surface area contributed by atoms with Gasteiger partial charge in [-0.25, -0.2) is 14.5 Å². The van der Waals surface area contributed by atoms with E-state index in [1.807, 2.05) is 36.4 Å². The van der Waals surface area contributed by atoms with Gasteiger partial charge >= 0.3 is 5.97 Å². The SMILES string of the molecule is O=C(O)c1cc2nc(-c3cccc(-n4ccnn4)c3)ccc2[nH]1. The van der Waals surface area contributed by atoms with Crippen LogP contribution in [-0.4, -0.2) is 36.0 Å². The summed E-state index contributed by atoms with van der Waals surface area (Å²) in [4.78, 5) is 18.4. The van der Waals surface area contributed by atoms with Crippen LogP contribution < -0.4 is 0 Å². The van der Waals surface area contributed by atoms with Gasteiger partial charge in [-0.2, -0.15) is 0 Å². The lowest BCUT2D eigenvalue weighted by Crippen LogP contribution is -1.95. The molecule has 0 saturated heterocycles. The molecule has 4 aromatic rings. The van der Waals surface area contributed by atoms with Crippen molar-refractivity contribution < 1.29 is 9.90 Å². The fourth-order valence-electron chi connectivity index (χ4n) is 2.44. The summed E-state index contributed by atoms with van der Waals surface area (Å²) in [6.07, 6.45) is 3.38. The van der Waals surface area contributed by atoms with Crippen LogP contribution in [0, 0.1) is 0 Å². The number of carboxylic acids is 1. The van der Waals surface area contributed by atoms with Crippen LogP contribution in [0.3, 0.4) is 0 Å². The molecule has 0 atom stereocenters. The van der Waals surface area contributed by atoms with Crippen LogP contribution in [0.4, 0.5) is 0 Å². The largest absolute Gasteiger partial charge is 0.477 e. The first-order chi connectivity index (χ1) is 11.2. The van der Waals surface area contributed by atoms with E-state index in [1.165, 1.54) is 6.07 Å². The Morgan fingerprint density at radius 2 is 2.09 bits per heavy atom. The monoisotopic (exact) mass is 305 g/mol. The molecule has 3 aromatic heterocycles. The number of hydrogen-bond acceptors (Lipinski definition) is 4. The molecule has 4 rings (SSSR count). The average Bonchev–Trinajstić information content (AvgIpc) is 3.24. The number of carbonyl (C=O) groups is 1. The molecule has 0 saturated carbocycles. The van der Waals surface area contributed by atoms with Gasteiger partial charge in [0.15, 0.2) is 0 Å². The van der Waals surface area contributed by atoms with E-state index in [-0.39, 0.29) is 5.69 Å². The summed E-state index contributed by atoms with van der Waals surface area (Å²) >= 11 is 0. The molecule has 2 N–H and O–H groups in total. The van der Waals surface area contributed by atoms with Gasteiger partial charge in [0.25, 0.3) is 0 Å². The predicted molar refractivity (Wildman–Crippen MR) is 83.4 cm³/mol. The molecule has 1 aromatic carbocycles. The summed E-state index contributed by atoms with van der Waals surface area (Å²) in [6.45, 7) is 0. The van der Waals surface area contributed by atoms with Crippen molar-refractivity contribution in [3.8, 4) is 16.9 Å². The first kappa shape index (κ1) is 13.2. The van der Waals surface area contributed by atoms with Crippen molar-refractivity contribution in [1.82, 2.24) is 25.0 Å². The van der Waals surface area contributed by atoms with Crippen molar-refractivity contribution in [3.63, 3.8) is 0 Å². The van der Waals surface area contributed by atoms with Gasteiger partial charge in [-0.15, -0.1) is 5.10 Å². The zero-order chi connectivity index (χ0) is 15.8. The molecule has 3 heterocycles. The minimum absolute atomic E-state index is 0.126. The normalized spacial score (nSPS) is 11.0. The quantitative estimate of drug-likeness (QED) is 0.606. The molecule has 23 heavy (non-hydrogen) atoms. The summed E-state index contributed by atoms with van der Waals surface area (Å²) in [5.74, 6) is -1.00. The second-order valence-electron chi connectivity index (χ2n) is 5.02. The smallest absolute Gasteiger partial charge is 0.352 e. The zero-order valence-electron chi connectivity index (χ0n) is 11.8. The predicted octanol–water partition coefficient (Wildman–Crippen LogP) is 2.51. The maximum atomic E-state index is 11.0. The van der Waals surface area contributed by atoms with E-state index < -0.39 is 5.97 Å². The Morgan fingerprint density at radius 3 is 2.87 bits per heavy atom. The van der Waals surface area contributed by atoms with Crippen molar-refractivity contribution in [2.24, 2.45) is 0 Å². The third-order valence-electron chi connectivity index (χ3n) is 3.53. The lowest BCUT2D eigenvalue weighted by atomic mass is 10.1. The maximum Gasteiger partial charge on any atom is 0.352 e. The van der Waals surface area contributed by atoms with Gasteiger partial charge in [-0.05, 0) is 30.3 Å². The number of nitrogens with one attached hydrogen (secondary N) is 1. The second-order valence-corrected chi connectivity index (χ2v) is 5.02. The van der Waals surface area contributed by atoms with Gasteiger partial charge in [0.2, 0.25) is 0 Å². The van der Waals surface area contributed by atoms with Crippen LogP contribution in [0.25, 0.3) is 28.0 Å². The van der Waals surface area contributed by atoms with E-state index in [9.17, 15) is 4.79 Å². The highest BCUT2D eigenvalue weighted by atomic mass is 16.4. The number of aromatic carboxylic acids is 1. The maximum absolute atomic E-state index is 11.0. The summed E-state index contributed by atoms with van der Waals surface area (Å²) < 4.78 is 1.67. The Kier molecular flexibility index (Phi) is 2.90. The Balaban J connectivity index is 1.79. The van der Waals surface area contributed by atoms with Gasteiger partial charge in [0, 0.05) is 5.56 Å². The molecular formula is C16H11N5O2. The Morgan fingerprint density at radius 1 is 1.17 bits per heavy atom. The van der Waals surface area contributed by atoms with Crippen LogP contribution in [-0.2, 0) is 0 Å². The molecular weight excluding hydrogens is 294 g/mol. The fraction of sp³-hybridized carbons (Fsp3) is 0. The highest BCUT2D eigenvalue weighted by molar-refractivity contribution is 5.92. The Bertz CT molecular complexity index is 1000. The van der Waals surface area contributed by atoms with E-state index in [0.717, 1.165) is 16.9 Å².